The van der Waals surface area contributed by atoms with E-state index in [1.54, 1.807) is 48.5 Å². The number of hydrogen-bond acceptors (Lipinski definition) is 12. The molecule has 1 heterocycles. The Labute approximate surface area is 361 Å². The van der Waals surface area contributed by atoms with Gasteiger partial charge in [-0.3, -0.25) is 9.59 Å². The van der Waals surface area contributed by atoms with Gasteiger partial charge in [0.15, 0.2) is 22.7 Å². The van der Waals surface area contributed by atoms with Gasteiger partial charge in [0, 0.05) is 24.8 Å². The highest BCUT2D eigenvalue weighted by molar-refractivity contribution is 7.14. The number of benzene rings is 6. The molecule has 1 aromatic heterocycles. The lowest BCUT2D eigenvalue weighted by molar-refractivity contribution is -0.162. The number of nitrogens with one attached hydrogen (secondary N) is 1. The summed E-state index contributed by atoms with van der Waals surface area (Å²) in [4.78, 5) is 61.9. The van der Waals surface area contributed by atoms with Crippen LogP contribution in [0.15, 0.2) is 180 Å². The SMILES string of the molecule is CC(=O)Oc1ccc([C@H](ON=C(C(=O)O)c2csc(NC(c3ccccc3)(c3ccccc3)c3ccccc3)n2)C(=O)OC(c2ccccc2)c2ccccc2)cc1OC(C)=O. The fourth-order valence-corrected chi connectivity index (χ4v) is 7.60. The molecule has 0 saturated carbocycles. The van der Waals surface area contributed by atoms with E-state index in [1.807, 2.05) is 103 Å². The lowest BCUT2D eigenvalue weighted by atomic mass is 9.77. The Morgan fingerprint density at radius 2 is 1.10 bits per heavy atom. The van der Waals surface area contributed by atoms with Gasteiger partial charge in [-0.2, -0.15) is 0 Å². The molecular formula is C49H39N3O9S. The van der Waals surface area contributed by atoms with Crippen LogP contribution in [0.3, 0.4) is 0 Å². The van der Waals surface area contributed by atoms with E-state index < -0.39 is 47.3 Å². The van der Waals surface area contributed by atoms with E-state index in [0.29, 0.717) is 16.3 Å². The number of carbonyl (C=O) groups excluding carboxylic acids is 3. The molecule has 0 spiro atoms. The molecule has 62 heavy (non-hydrogen) atoms. The maximum absolute atomic E-state index is 14.4. The summed E-state index contributed by atoms with van der Waals surface area (Å²) in [5.41, 5.74) is 2.41. The molecule has 0 aliphatic rings. The molecule has 0 aliphatic carbocycles. The van der Waals surface area contributed by atoms with E-state index in [-0.39, 0.29) is 22.8 Å². The molecule has 0 unspecified atom stereocenters. The predicted molar refractivity (Wildman–Crippen MR) is 233 cm³/mol. The van der Waals surface area contributed by atoms with Gasteiger partial charge in [-0.05, 0) is 39.9 Å². The van der Waals surface area contributed by atoms with Crippen LogP contribution in [0, 0.1) is 0 Å². The van der Waals surface area contributed by atoms with Crippen LogP contribution in [0.4, 0.5) is 5.13 Å². The first-order valence-electron chi connectivity index (χ1n) is 19.3. The smallest absolute Gasteiger partial charge is 0.360 e. The summed E-state index contributed by atoms with van der Waals surface area (Å²) in [6, 6.07) is 51.5. The van der Waals surface area contributed by atoms with E-state index in [9.17, 15) is 24.3 Å². The van der Waals surface area contributed by atoms with Gasteiger partial charge in [0.25, 0.3) is 0 Å². The minimum Gasteiger partial charge on any atom is -0.476 e. The fraction of sp³-hybridized carbons (Fsp3) is 0.102. The lowest BCUT2D eigenvalue weighted by Crippen LogP contribution is -2.38. The van der Waals surface area contributed by atoms with Crippen LogP contribution in [0.2, 0.25) is 0 Å². The Kier molecular flexibility index (Phi) is 13.2. The van der Waals surface area contributed by atoms with Gasteiger partial charge in [-0.25, -0.2) is 14.6 Å². The second kappa shape index (κ2) is 19.4. The van der Waals surface area contributed by atoms with Gasteiger partial charge in [-0.15, -0.1) is 11.3 Å². The number of anilines is 1. The molecule has 0 radical (unpaired) electrons. The number of carboxylic acids is 1. The Bertz CT molecular complexity index is 2540. The van der Waals surface area contributed by atoms with E-state index in [1.165, 1.54) is 30.5 Å². The third kappa shape index (κ3) is 9.75. The van der Waals surface area contributed by atoms with Crippen molar-refractivity contribution in [1.82, 2.24) is 4.98 Å². The monoisotopic (exact) mass is 845 g/mol. The highest BCUT2D eigenvalue weighted by Crippen LogP contribution is 2.41. The fourth-order valence-electron chi connectivity index (χ4n) is 6.85. The van der Waals surface area contributed by atoms with Crippen molar-refractivity contribution < 1.29 is 43.3 Å². The quantitative estimate of drug-likeness (QED) is 0.0313. The van der Waals surface area contributed by atoms with Crippen molar-refractivity contribution in [3.63, 3.8) is 0 Å². The first kappa shape index (κ1) is 42.2. The summed E-state index contributed by atoms with van der Waals surface area (Å²) in [5, 5.41) is 20.1. The zero-order valence-electron chi connectivity index (χ0n) is 33.4. The van der Waals surface area contributed by atoms with E-state index in [0.717, 1.165) is 35.0 Å². The van der Waals surface area contributed by atoms with Gasteiger partial charge in [0.1, 0.15) is 11.2 Å². The van der Waals surface area contributed by atoms with Crippen LogP contribution in [-0.4, -0.2) is 39.7 Å². The molecule has 7 aromatic rings. The van der Waals surface area contributed by atoms with Gasteiger partial charge >= 0.3 is 23.9 Å². The topological polar surface area (TPSA) is 163 Å². The van der Waals surface area contributed by atoms with Crippen LogP contribution >= 0.6 is 11.3 Å². The second-order valence-electron chi connectivity index (χ2n) is 13.8. The third-order valence-corrected chi connectivity index (χ3v) is 10.3. The molecule has 0 saturated heterocycles. The summed E-state index contributed by atoms with van der Waals surface area (Å²) < 4.78 is 16.7. The number of esters is 3. The van der Waals surface area contributed by atoms with E-state index in [2.05, 4.69) is 10.5 Å². The predicted octanol–water partition coefficient (Wildman–Crippen LogP) is 9.28. The Morgan fingerprint density at radius 3 is 1.56 bits per heavy atom. The first-order chi connectivity index (χ1) is 30.1. The average Bonchev–Trinajstić information content (AvgIpc) is 3.75. The summed E-state index contributed by atoms with van der Waals surface area (Å²) >= 11 is 1.16. The molecule has 0 fully saturated rings. The van der Waals surface area contributed by atoms with Crippen molar-refractivity contribution in [1.29, 1.82) is 0 Å². The lowest BCUT2D eigenvalue weighted by Gasteiger charge is -2.36. The van der Waals surface area contributed by atoms with Gasteiger partial charge < -0.3 is 29.5 Å². The summed E-state index contributed by atoms with van der Waals surface area (Å²) in [6.45, 7) is 2.33. The molecule has 2 N–H and O–H groups in total. The molecule has 6 aromatic carbocycles. The number of hydrogen-bond donors (Lipinski definition) is 2. The number of carboxylic acid groups (broad SMARTS) is 1. The number of oxime groups is 1. The van der Waals surface area contributed by atoms with Gasteiger partial charge in [-0.1, -0.05) is 163 Å². The number of carbonyl (C=O) groups is 4. The number of ether oxygens (including phenoxy) is 3. The number of thiazole rings is 1. The number of aliphatic carboxylic acids is 1. The molecule has 12 nitrogen and oxygen atoms in total. The Morgan fingerprint density at radius 1 is 0.629 bits per heavy atom. The standard InChI is InChI=1S/C49H39N3O9S/c1-32(53)58-41-29-28-36(30-42(41)59-33(2)54)45(47(57)60-44(34-18-8-3-9-19-34)35-20-10-4-11-21-35)61-52-43(46(55)56)40-31-62-48(50-40)51-49(37-22-12-5-13-23-37,38-24-14-6-15-25-38)39-26-16-7-17-27-39/h3-31,44-45H,1-2H3,(H,50,51)(H,55,56)/t45-/m0/s1. The molecule has 7 rings (SSSR count). The number of nitrogens with zero attached hydrogens (tertiary/aromatic N) is 2. The maximum Gasteiger partial charge on any atom is 0.360 e. The molecule has 310 valence electrons. The minimum atomic E-state index is -1.74. The normalized spacial score (nSPS) is 11.9. The van der Waals surface area contributed by atoms with Crippen molar-refractivity contribution in [3.05, 3.63) is 214 Å². The van der Waals surface area contributed by atoms with Crippen LogP contribution in [0.1, 0.15) is 65.1 Å². The van der Waals surface area contributed by atoms with Crippen molar-refractivity contribution in [3.8, 4) is 11.5 Å². The van der Waals surface area contributed by atoms with Crippen LogP contribution in [0.25, 0.3) is 0 Å². The maximum atomic E-state index is 14.4. The van der Waals surface area contributed by atoms with Crippen molar-refractivity contribution in [2.75, 3.05) is 5.32 Å². The van der Waals surface area contributed by atoms with Crippen LogP contribution in [-0.2, 0) is 34.3 Å². The van der Waals surface area contributed by atoms with E-state index in [4.69, 9.17) is 24.0 Å². The molecule has 0 amide bonds. The highest BCUT2D eigenvalue weighted by Gasteiger charge is 2.38. The summed E-state index contributed by atoms with van der Waals surface area (Å²) in [5.74, 6) is -4.20. The zero-order chi connectivity index (χ0) is 43.5. The first-order valence-corrected chi connectivity index (χ1v) is 20.2. The number of rotatable bonds is 16. The molecule has 0 bridgehead atoms. The average molecular weight is 846 g/mol. The second-order valence-corrected chi connectivity index (χ2v) is 14.6. The zero-order valence-corrected chi connectivity index (χ0v) is 34.2. The Balaban J connectivity index is 1.28. The number of aromatic nitrogens is 1. The third-order valence-electron chi connectivity index (χ3n) is 9.54. The molecular weight excluding hydrogens is 807 g/mol. The Hall–Kier alpha value is -7.90. The van der Waals surface area contributed by atoms with Crippen molar-refractivity contribution >= 4 is 46.1 Å². The molecule has 0 aliphatic heterocycles. The highest BCUT2D eigenvalue weighted by atomic mass is 32.1. The van der Waals surface area contributed by atoms with Crippen LogP contribution < -0.4 is 14.8 Å². The summed E-state index contributed by atoms with van der Waals surface area (Å²) in [6.07, 6.45) is -2.66. The van der Waals surface area contributed by atoms with Crippen molar-refractivity contribution in [2.24, 2.45) is 5.16 Å². The van der Waals surface area contributed by atoms with Gasteiger partial charge in [0.2, 0.25) is 11.8 Å². The largest absolute Gasteiger partial charge is 0.476 e. The minimum absolute atomic E-state index is 0.0366. The van der Waals surface area contributed by atoms with Gasteiger partial charge in [0.05, 0.1) is 0 Å². The van der Waals surface area contributed by atoms with Crippen molar-refractivity contribution in [2.45, 2.75) is 31.6 Å². The molecule has 13 heteroatoms. The van der Waals surface area contributed by atoms with E-state index >= 15 is 0 Å². The summed E-state index contributed by atoms with van der Waals surface area (Å²) in [7, 11) is 0. The molecule has 1 atom stereocenters. The van der Waals surface area contributed by atoms with Crippen LogP contribution in [0.5, 0.6) is 11.5 Å².